The van der Waals surface area contributed by atoms with Gasteiger partial charge in [0.1, 0.15) is 0 Å². The van der Waals surface area contributed by atoms with Crippen LogP contribution in [0.15, 0.2) is 18.5 Å². The molecule has 18 heavy (non-hydrogen) atoms. The zero-order valence-electron chi connectivity index (χ0n) is 10.6. The molecular weight excluding hydrogens is 228 g/mol. The van der Waals surface area contributed by atoms with E-state index >= 15 is 0 Å². The number of rotatable bonds is 4. The van der Waals surface area contributed by atoms with Gasteiger partial charge < -0.3 is 16.0 Å². The van der Waals surface area contributed by atoms with E-state index in [4.69, 9.17) is 5.73 Å². The molecule has 1 amide bonds. The second-order valence-electron chi connectivity index (χ2n) is 4.62. The molecule has 0 aliphatic carbocycles. The van der Waals surface area contributed by atoms with Crippen molar-refractivity contribution < 1.29 is 4.79 Å². The Balaban J connectivity index is 1.76. The number of nitrogen functional groups attached to an aromatic ring is 1. The van der Waals surface area contributed by atoms with E-state index in [0.717, 1.165) is 19.6 Å². The smallest absolute Gasteiger partial charge is 0.254 e. The van der Waals surface area contributed by atoms with Gasteiger partial charge in [-0.05, 0) is 32.0 Å². The van der Waals surface area contributed by atoms with Crippen LogP contribution in [0.25, 0.3) is 0 Å². The van der Waals surface area contributed by atoms with Crippen LogP contribution in [0.1, 0.15) is 29.6 Å². The summed E-state index contributed by atoms with van der Waals surface area (Å²) in [5.41, 5.74) is 6.65. The van der Waals surface area contributed by atoms with Gasteiger partial charge in [0.05, 0.1) is 5.56 Å². The van der Waals surface area contributed by atoms with Crippen LogP contribution < -0.4 is 11.1 Å². The fourth-order valence-corrected chi connectivity index (χ4v) is 2.20. The second kappa shape index (κ2) is 6.35. The number of hydrogen-bond acceptors (Lipinski definition) is 4. The van der Waals surface area contributed by atoms with Crippen molar-refractivity contribution in [3.63, 3.8) is 0 Å². The zero-order chi connectivity index (χ0) is 12.8. The van der Waals surface area contributed by atoms with Crippen molar-refractivity contribution in [2.24, 2.45) is 0 Å². The van der Waals surface area contributed by atoms with E-state index in [9.17, 15) is 4.79 Å². The largest absolute Gasteiger partial charge is 0.398 e. The van der Waals surface area contributed by atoms with E-state index in [2.05, 4.69) is 15.2 Å². The summed E-state index contributed by atoms with van der Waals surface area (Å²) in [6.07, 6.45) is 6.95. The molecule has 5 nitrogen and oxygen atoms in total. The second-order valence-corrected chi connectivity index (χ2v) is 4.62. The summed E-state index contributed by atoms with van der Waals surface area (Å²) in [5, 5.41) is 2.89. The van der Waals surface area contributed by atoms with Gasteiger partial charge in [-0.15, -0.1) is 0 Å². The molecule has 0 aromatic carbocycles. The van der Waals surface area contributed by atoms with Crippen LogP contribution in [0.5, 0.6) is 0 Å². The van der Waals surface area contributed by atoms with E-state index < -0.39 is 0 Å². The molecular formula is C13H20N4O. The van der Waals surface area contributed by atoms with Crippen molar-refractivity contribution in [1.82, 2.24) is 15.2 Å². The van der Waals surface area contributed by atoms with Crippen molar-refractivity contribution in [1.29, 1.82) is 0 Å². The molecule has 2 rings (SSSR count). The molecule has 0 bridgehead atoms. The third kappa shape index (κ3) is 3.43. The maximum absolute atomic E-state index is 11.9. The standard InChI is InChI=1S/C13H20N4O/c14-12-4-5-15-10-11(12)13(18)16-6-9-17-7-2-1-3-8-17/h4-5,10H,1-3,6-9H2,(H2,14,15)(H,16,18). The fraction of sp³-hybridized carbons (Fsp3) is 0.538. The number of pyridine rings is 1. The van der Waals surface area contributed by atoms with E-state index in [0.29, 0.717) is 17.8 Å². The van der Waals surface area contributed by atoms with Crippen LogP contribution in [-0.4, -0.2) is 42.0 Å². The molecule has 1 aromatic rings. The van der Waals surface area contributed by atoms with Crippen LogP contribution in [-0.2, 0) is 0 Å². The lowest BCUT2D eigenvalue weighted by Gasteiger charge is -2.26. The van der Waals surface area contributed by atoms with Crippen LogP contribution in [0, 0.1) is 0 Å². The predicted octanol–water partition coefficient (Wildman–Crippen LogP) is 0.879. The van der Waals surface area contributed by atoms with Gasteiger partial charge in [0.15, 0.2) is 0 Å². The molecule has 1 aliphatic heterocycles. The van der Waals surface area contributed by atoms with Crippen LogP contribution in [0.2, 0.25) is 0 Å². The number of aromatic nitrogens is 1. The molecule has 1 aliphatic rings. The highest BCUT2D eigenvalue weighted by atomic mass is 16.1. The number of nitrogens with zero attached hydrogens (tertiary/aromatic N) is 2. The maximum atomic E-state index is 11.9. The lowest BCUT2D eigenvalue weighted by Crippen LogP contribution is -2.37. The number of amides is 1. The quantitative estimate of drug-likeness (QED) is 0.829. The Bertz CT molecular complexity index is 402. The third-order valence-electron chi connectivity index (χ3n) is 3.26. The average molecular weight is 248 g/mol. The lowest BCUT2D eigenvalue weighted by atomic mass is 10.1. The van der Waals surface area contributed by atoms with Crippen LogP contribution in [0.4, 0.5) is 5.69 Å². The van der Waals surface area contributed by atoms with Crippen LogP contribution in [0.3, 0.4) is 0 Å². The number of piperidine rings is 1. The molecule has 0 saturated carbocycles. The topological polar surface area (TPSA) is 71.2 Å². The third-order valence-corrected chi connectivity index (χ3v) is 3.26. The molecule has 1 fully saturated rings. The summed E-state index contributed by atoms with van der Waals surface area (Å²) >= 11 is 0. The molecule has 0 spiro atoms. The highest BCUT2D eigenvalue weighted by Crippen LogP contribution is 2.09. The predicted molar refractivity (Wildman–Crippen MR) is 71.3 cm³/mol. The Morgan fingerprint density at radius 1 is 1.39 bits per heavy atom. The first-order chi connectivity index (χ1) is 8.77. The van der Waals surface area contributed by atoms with Gasteiger partial charge in [-0.1, -0.05) is 6.42 Å². The summed E-state index contributed by atoms with van der Waals surface area (Å²) in [6.45, 7) is 3.86. The number of carbonyl (C=O) groups excluding carboxylic acids is 1. The minimum Gasteiger partial charge on any atom is -0.398 e. The molecule has 3 N–H and O–H groups in total. The maximum Gasteiger partial charge on any atom is 0.254 e. The Hall–Kier alpha value is -1.62. The Kier molecular flexibility index (Phi) is 4.52. The highest BCUT2D eigenvalue weighted by molar-refractivity contribution is 5.98. The summed E-state index contributed by atoms with van der Waals surface area (Å²) < 4.78 is 0. The van der Waals surface area contributed by atoms with Crippen molar-refractivity contribution in [3.05, 3.63) is 24.0 Å². The summed E-state index contributed by atoms with van der Waals surface area (Å²) in [7, 11) is 0. The first kappa shape index (κ1) is 12.8. The van der Waals surface area contributed by atoms with Gasteiger partial charge in [-0.2, -0.15) is 0 Å². The van der Waals surface area contributed by atoms with Crippen molar-refractivity contribution in [3.8, 4) is 0 Å². The number of likely N-dealkylation sites (tertiary alicyclic amines) is 1. The fourth-order valence-electron chi connectivity index (χ4n) is 2.20. The molecule has 1 saturated heterocycles. The van der Waals surface area contributed by atoms with Gasteiger partial charge in [0.2, 0.25) is 0 Å². The van der Waals surface area contributed by atoms with Crippen molar-refractivity contribution in [2.45, 2.75) is 19.3 Å². The van der Waals surface area contributed by atoms with Crippen molar-refractivity contribution in [2.75, 3.05) is 31.9 Å². The minimum absolute atomic E-state index is 0.141. The van der Waals surface area contributed by atoms with E-state index in [-0.39, 0.29) is 5.91 Å². The lowest BCUT2D eigenvalue weighted by molar-refractivity contribution is 0.0947. The molecule has 5 heteroatoms. The monoisotopic (exact) mass is 248 g/mol. The molecule has 98 valence electrons. The van der Waals surface area contributed by atoms with Crippen molar-refractivity contribution >= 4 is 11.6 Å². The summed E-state index contributed by atoms with van der Waals surface area (Å²) in [6, 6.07) is 1.64. The number of carbonyl (C=O) groups is 1. The van der Waals surface area contributed by atoms with Gasteiger partial charge in [-0.25, -0.2) is 0 Å². The van der Waals surface area contributed by atoms with E-state index in [1.807, 2.05) is 0 Å². The summed E-state index contributed by atoms with van der Waals surface area (Å²) in [4.78, 5) is 18.2. The Morgan fingerprint density at radius 3 is 2.89 bits per heavy atom. The molecule has 1 aromatic heterocycles. The summed E-state index contributed by atoms with van der Waals surface area (Å²) in [5.74, 6) is -0.141. The number of hydrogen-bond donors (Lipinski definition) is 2. The van der Waals surface area contributed by atoms with E-state index in [1.165, 1.54) is 25.5 Å². The van der Waals surface area contributed by atoms with Gasteiger partial charge >= 0.3 is 0 Å². The molecule has 0 atom stereocenters. The Morgan fingerprint density at radius 2 is 2.17 bits per heavy atom. The van der Waals surface area contributed by atoms with Gasteiger partial charge in [0, 0.05) is 31.2 Å². The van der Waals surface area contributed by atoms with E-state index in [1.54, 1.807) is 12.3 Å². The number of nitrogens with one attached hydrogen (secondary N) is 1. The van der Waals surface area contributed by atoms with Crippen LogP contribution >= 0.6 is 0 Å². The van der Waals surface area contributed by atoms with Gasteiger partial charge in [-0.3, -0.25) is 9.78 Å². The first-order valence-electron chi connectivity index (χ1n) is 6.47. The average Bonchev–Trinajstić information content (AvgIpc) is 2.40. The zero-order valence-corrected chi connectivity index (χ0v) is 10.6. The Labute approximate surface area is 107 Å². The molecule has 2 heterocycles. The normalized spacial score (nSPS) is 16.4. The molecule has 0 unspecified atom stereocenters. The highest BCUT2D eigenvalue weighted by Gasteiger charge is 2.11. The number of nitrogens with two attached hydrogens (primary N) is 1. The SMILES string of the molecule is Nc1ccncc1C(=O)NCCN1CCCCC1. The number of anilines is 1. The first-order valence-corrected chi connectivity index (χ1v) is 6.47. The molecule has 0 radical (unpaired) electrons. The van der Waals surface area contributed by atoms with Gasteiger partial charge in [0.25, 0.3) is 5.91 Å². The minimum atomic E-state index is -0.141.